The van der Waals surface area contributed by atoms with E-state index in [-0.39, 0.29) is 0 Å². The molecule has 0 saturated heterocycles. The van der Waals surface area contributed by atoms with Crippen molar-refractivity contribution in [2.24, 2.45) is 5.92 Å². The van der Waals surface area contributed by atoms with Crippen molar-refractivity contribution < 1.29 is 4.74 Å². The molecule has 0 bridgehead atoms. The van der Waals surface area contributed by atoms with E-state index >= 15 is 0 Å². The standard InChI is InChI=1S/C15H23NOS/c1-11(8-9-17-3)15(16-2)13-10-18-14-7-5-4-6-12(13)14/h4-7,11,13,15-16H,8-10H2,1-3H3. The summed E-state index contributed by atoms with van der Waals surface area (Å²) in [5, 5.41) is 3.52. The Morgan fingerprint density at radius 1 is 1.44 bits per heavy atom. The van der Waals surface area contributed by atoms with Gasteiger partial charge in [0, 0.05) is 36.3 Å². The minimum absolute atomic E-state index is 0.538. The summed E-state index contributed by atoms with van der Waals surface area (Å²) in [6.45, 7) is 3.17. The highest BCUT2D eigenvalue weighted by atomic mass is 32.2. The number of hydrogen-bond acceptors (Lipinski definition) is 3. The molecule has 0 fully saturated rings. The maximum atomic E-state index is 5.21. The summed E-state index contributed by atoms with van der Waals surface area (Å²) in [7, 11) is 3.86. The fourth-order valence-electron chi connectivity index (χ4n) is 2.85. The van der Waals surface area contributed by atoms with Crippen molar-refractivity contribution in [1.29, 1.82) is 0 Å². The molecule has 1 heterocycles. The van der Waals surface area contributed by atoms with Gasteiger partial charge in [-0.15, -0.1) is 11.8 Å². The van der Waals surface area contributed by atoms with Crippen molar-refractivity contribution in [2.45, 2.75) is 30.2 Å². The molecule has 3 atom stereocenters. The summed E-state index contributed by atoms with van der Waals surface area (Å²) in [4.78, 5) is 1.46. The van der Waals surface area contributed by atoms with E-state index in [9.17, 15) is 0 Å². The van der Waals surface area contributed by atoms with E-state index in [0.717, 1.165) is 13.0 Å². The van der Waals surface area contributed by atoms with E-state index in [2.05, 4.69) is 43.6 Å². The van der Waals surface area contributed by atoms with Crippen LogP contribution < -0.4 is 5.32 Å². The molecule has 3 unspecified atom stereocenters. The third-order valence-electron chi connectivity index (χ3n) is 3.89. The van der Waals surface area contributed by atoms with Crippen LogP contribution in [0.2, 0.25) is 0 Å². The molecule has 18 heavy (non-hydrogen) atoms. The quantitative estimate of drug-likeness (QED) is 0.854. The number of rotatable bonds is 6. The van der Waals surface area contributed by atoms with Crippen molar-refractivity contribution in [2.75, 3.05) is 26.5 Å². The van der Waals surface area contributed by atoms with E-state index in [0.29, 0.717) is 17.9 Å². The molecular weight excluding hydrogens is 242 g/mol. The Morgan fingerprint density at radius 2 is 2.22 bits per heavy atom. The molecule has 1 aliphatic rings. The van der Waals surface area contributed by atoms with E-state index in [1.165, 1.54) is 16.2 Å². The molecule has 1 aromatic rings. The number of ether oxygens (including phenoxy) is 1. The maximum Gasteiger partial charge on any atom is 0.0465 e. The summed E-state index contributed by atoms with van der Waals surface area (Å²) in [5.74, 6) is 2.46. The van der Waals surface area contributed by atoms with Crippen molar-refractivity contribution in [1.82, 2.24) is 5.32 Å². The van der Waals surface area contributed by atoms with Crippen LogP contribution in [0, 0.1) is 5.92 Å². The van der Waals surface area contributed by atoms with Crippen LogP contribution in [0.15, 0.2) is 29.2 Å². The second-order valence-electron chi connectivity index (χ2n) is 5.03. The molecule has 0 spiro atoms. The molecule has 100 valence electrons. The molecule has 0 saturated carbocycles. The van der Waals surface area contributed by atoms with Gasteiger partial charge < -0.3 is 10.1 Å². The van der Waals surface area contributed by atoms with Gasteiger partial charge in [-0.1, -0.05) is 25.1 Å². The zero-order valence-electron chi connectivity index (χ0n) is 11.5. The number of fused-ring (bicyclic) bond motifs is 1. The van der Waals surface area contributed by atoms with E-state index in [1.807, 2.05) is 11.8 Å². The summed E-state index contributed by atoms with van der Waals surface area (Å²) >= 11 is 1.99. The van der Waals surface area contributed by atoms with E-state index < -0.39 is 0 Å². The Balaban J connectivity index is 2.10. The first-order chi connectivity index (χ1) is 8.77. The normalized spacial score (nSPS) is 21.6. The van der Waals surface area contributed by atoms with Gasteiger partial charge in [0.2, 0.25) is 0 Å². The zero-order valence-corrected chi connectivity index (χ0v) is 12.3. The molecule has 1 aromatic carbocycles. The molecule has 2 nitrogen and oxygen atoms in total. The molecule has 1 N–H and O–H groups in total. The Hall–Kier alpha value is -0.510. The van der Waals surface area contributed by atoms with Crippen LogP contribution in [0.3, 0.4) is 0 Å². The van der Waals surface area contributed by atoms with Gasteiger partial charge in [0.05, 0.1) is 0 Å². The monoisotopic (exact) mass is 265 g/mol. The Labute approximate surface area is 114 Å². The van der Waals surface area contributed by atoms with E-state index in [4.69, 9.17) is 4.74 Å². The zero-order chi connectivity index (χ0) is 13.0. The average molecular weight is 265 g/mol. The predicted molar refractivity (Wildman–Crippen MR) is 78.4 cm³/mol. The lowest BCUT2D eigenvalue weighted by molar-refractivity contribution is 0.168. The maximum absolute atomic E-state index is 5.21. The van der Waals surface area contributed by atoms with Crippen molar-refractivity contribution in [3.05, 3.63) is 29.8 Å². The smallest absolute Gasteiger partial charge is 0.0465 e. The van der Waals surface area contributed by atoms with Crippen molar-refractivity contribution in [3.8, 4) is 0 Å². The molecule has 1 aliphatic heterocycles. The van der Waals surface area contributed by atoms with Gasteiger partial charge in [0.25, 0.3) is 0 Å². The first kappa shape index (κ1) is 13.9. The van der Waals surface area contributed by atoms with Gasteiger partial charge >= 0.3 is 0 Å². The minimum Gasteiger partial charge on any atom is -0.385 e. The third kappa shape index (κ3) is 2.90. The molecule has 0 aromatic heterocycles. The third-order valence-corrected chi connectivity index (χ3v) is 5.10. The van der Waals surface area contributed by atoms with Gasteiger partial charge in [0.15, 0.2) is 0 Å². The van der Waals surface area contributed by atoms with Crippen LogP contribution in [0.1, 0.15) is 24.8 Å². The van der Waals surface area contributed by atoms with Crippen molar-refractivity contribution in [3.63, 3.8) is 0 Å². The van der Waals surface area contributed by atoms with Crippen LogP contribution >= 0.6 is 11.8 Å². The average Bonchev–Trinajstić information content (AvgIpc) is 2.81. The SMILES string of the molecule is CNC(C(C)CCOC)C1CSc2ccccc21. The number of hydrogen-bond donors (Lipinski definition) is 1. The highest BCUT2D eigenvalue weighted by Gasteiger charge is 2.32. The minimum atomic E-state index is 0.538. The topological polar surface area (TPSA) is 21.3 Å². The van der Waals surface area contributed by atoms with Gasteiger partial charge in [-0.25, -0.2) is 0 Å². The summed E-state index contributed by atoms with van der Waals surface area (Å²) in [6.07, 6.45) is 1.12. The van der Waals surface area contributed by atoms with Gasteiger partial charge in [-0.3, -0.25) is 0 Å². The second-order valence-corrected chi connectivity index (χ2v) is 6.09. The fraction of sp³-hybridized carbons (Fsp3) is 0.600. The van der Waals surface area contributed by atoms with Crippen LogP contribution in [0.5, 0.6) is 0 Å². The first-order valence-electron chi connectivity index (χ1n) is 6.65. The van der Waals surface area contributed by atoms with Crippen LogP contribution in [-0.4, -0.2) is 32.6 Å². The largest absolute Gasteiger partial charge is 0.385 e. The molecule has 0 aliphatic carbocycles. The molecule has 0 amide bonds. The number of methoxy groups -OCH3 is 1. The lowest BCUT2D eigenvalue weighted by Crippen LogP contribution is -2.38. The molecule has 3 heteroatoms. The summed E-state index contributed by atoms with van der Waals surface area (Å²) < 4.78 is 5.21. The van der Waals surface area contributed by atoms with Gasteiger partial charge in [-0.05, 0) is 31.0 Å². The van der Waals surface area contributed by atoms with Gasteiger partial charge in [-0.2, -0.15) is 0 Å². The van der Waals surface area contributed by atoms with E-state index in [1.54, 1.807) is 7.11 Å². The fourth-order valence-corrected chi connectivity index (χ4v) is 4.16. The highest BCUT2D eigenvalue weighted by Crippen LogP contribution is 2.42. The number of likely N-dealkylation sites (N-methyl/N-ethyl adjacent to an activating group) is 1. The first-order valence-corrected chi connectivity index (χ1v) is 7.64. The molecule has 2 rings (SSSR count). The lowest BCUT2D eigenvalue weighted by atomic mass is 9.84. The number of benzene rings is 1. The Morgan fingerprint density at radius 3 is 2.94 bits per heavy atom. The highest BCUT2D eigenvalue weighted by molar-refractivity contribution is 7.99. The van der Waals surface area contributed by atoms with Crippen LogP contribution in [0.4, 0.5) is 0 Å². The van der Waals surface area contributed by atoms with Gasteiger partial charge in [0.1, 0.15) is 0 Å². The lowest BCUT2D eigenvalue weighted by Gasteiger charge is -2.29. The van der Waals surface area contributed by atoms with Crippen molar-refractivity contribution >= 4 is 11.8 Å². The van der Waals surface area contributed by atoms with Crippen LogP contribution in [0.25, 0.3) is 0 Å². The van der Waals surface area contributed by atoms with Crippen LogP contribution in [-0.2, 0) is 4.74 Å². The summed E-state index contributed by atoms with van der Waals surface area (Å²) in [6, 6.07) is 9.36. The Kier molecular flexibility index (Phi) is 5.10. The number of thioether (sulfide) groups is 1. The number of nitrogens with one attached hydrogen (secondary N) is 1. The molecular formula is C15H23NOS. The Bertz CT molecular complexity index is 383. The summed E-state index contributed by atoms with van der Waals surface area (Å²) in [5.41, 5.74) is 1.52. The second kappa shape index (κ2) is 6.60. The predicted octanol–water partition coefficient (Wildman–Crippen LogP) is 3.14. The molecule has 0 radical (unpaired) electrons.